The molecule has 2 aliphatic rings. The molecule has 18 heavy (non-hydrogen) atoms. The molecule has 0 saturated carbocycles. The van der Waals surface area contributed by atoms with Crippen LogP contribution in [-0.4, -0.2) is 22.4 Å². The van der Waals surface area contributed by atoms with Crippen LogP contribution in [-0.2, 0) is 6.54 Å². The Morgan fingerprint density at radius 2 is 1.67 bits per heavy atom. The van der Waals surface area contributed by atoms with Crippen LogP contribution in [0.4, 0.5) is 8.78 Å². The number of hydrogen-bond donors (Lipinski definition) is 0. The zero-order valence-corrected chi connectivity index (χ0v) is 10.8. The van der Waals surface area contributed by atoms with Gasteiger partial charge in [0.05, 0.1) is 0 Å². The van der Waals surface area contributed by atoms with Crippen molar-refractivity contribution in [1.29, 1.82) is 0 Å². The lowest BCUT2D eigenvalue weighted by atomic mass is 10.0. The number of piperidine rings is 1. The molecule has 2 aliphatic heterocycles. The molecule has 0 N–H and O–H groups in total. The fourth-order valence-corrected chi connectivity index (χ4v) is 3.74. The van der Waals surface area contributed by atoms with Crippen molar-refractivity contribution in [3.05, 3.63) is 35.4 Å². The minimum absolute atomic E-state index is 0.197. The molecule has 0 aliphatic carbocycles. The van der Waals surface area contributed by atoms with Gasteiger partial charge in [0.25, 0.3) is 0 Å². The first kappa shape index (κ1) is 12.4. The molecule has 2 bridgehead atoms. The van der Waals surface area contributed by atoms with Gasteiger partial charge in [-0.2, -0.15) is 0 Å². The summed E-state index contributed by atoms with van der Waals surface area (Å²) in [5.74, 6) is -0.884. The van der Waals surface area contributed by atoms with Gasteiger partial charge in [0, 0.05) is 29.6 Å². The Hall–Kier alpha value is -0.670. The zero-order chi connectivity index (χ0) is 12.7. The van der Waals surface area contributed by atoms with E-state index < -0.39 is 11.6 Å². The van der Waals surface area contributed by atoms with Crippen LogP contribution in [0.3, 0.4) is 0 Å². The number of hydrogen-bond acceptors (Lipinski definition) is 1. The van der Waals surface area contributed by atoms with Crippen molar-refractivity contribution in [1.82, 2.24) is 4.90 Å². The van der Waals surface area contributed by atoms with Crippen molar-refractivity contribution in [3.63, 3.8) is 0 Å². The number of rotatable bonds is 2. The molecule has 4 heteroatoms. The van der Waals surface area contributed by atoms with E-state index in [1.165, 1.54) is 18.2 Å². The first-order chi connectivity index (χ1) is 8.65. The van der Waals surface area contributed by atoms with Gasteiger partial charge in [0.1, 0.15) is 11.6 Å². The fourth-order valence-electron chi connectivity index (χ4n) is 3.33. The van der Waals surface area contributed by atoms with E-state index in [0.29, 0.717) is 18.6 Å². The van der Waals surface area contributed by atoms with Crippen LogP contribution in [0.15, 0.2) is 18.2 Å². The van der Waals surface area contributed by atoms with E-state index in [1.807, 2.05) is 0 Å². The normalized spacial score (nSPS) is 31.8. The Morgan fingerprint density at radius 1 is 1.11 bits per heavy atom. The maximum absolute atomic E-state index is 13.7. The molecule has 1 nitrogen and oxygen atoms in total. The standard InChI is InChI=1S/C14H16ClF2N/c15-9-6-10-4-5-11(7-9)18(10)8-12-13(16)2-1-3-14(12)17/h1-3,9-11H,4-8H2. The molecule has 2 fully saturated rings. The van der Waals surface area contributed by atoms with Gasteiger partial charge in [0.15, 0.2) is 0 Å². The molecule has 2 unspecified atom stereocenters. The predicted octanol–water partition coefficient (Wildman–Crippen LogP) is 3.70. The van der Waals surface area contributed by atoms with E-state index in [2.05, 4.69) is 4.90 Å². The highest BCUT2D eigenvalue weighted by atomic mass is 35.5. The number of fused-ring (bicyclic) bond motifs is 2. The smallest absolute Gasteiger partial charge is 0.130 e. The molecule has 98 valence electrons. The second-order valence-electron chi connectivity index (χ2n) is 5.33. The summed E-state index contributed by atoms with van der Waals surface area (Å²) in [6.45, 7) is 0.372. The largest absolute Gasteiger partial charge is 0.293 e. The Kier molecular flexibility index (Phi) is 3.29. The summed E-state index contributed by atoms with van der Waals surface area (Å²) in [5, 5.41) is 0.226. The van der Waals surface area contributed by atoms with Crippen molar-refractivity contribution >= 4 is 11.6 Å². The highest BCUT2D eigenvalue weighted by Gasteiger charge is 2.40. The molecule has 1 aromatic carbocycles. The van der Waals surface area contributed by atoms with Crippen molar-refractivity contribution in [2.24, 2.45) is 0 Å². The third-order valence-corrected chi connectivity index (χ3v) is 4.59. The Labute approximate surface area is 111 Å². The Balaban J connectivity index is 1.81. The molecule has 0 radical (unpaired) electrons. The zero-order valence-electron chi connectivity index (χ0n) is 10.1. The van der Waals surface area contributed by atoms with E-state index >= 15 is 0 Å². The fraction of sp³-hybridized carbons (Fsp3) is 0.571. The van der Waals surface area contributed by atoms with E-state index in [0.717, 1.165) is 25.7 Å². The van der Waals surface area contributed by atoms with Gasteiger partial charge in [-0.05, 0) is 37.8 Å². The van der Waals surface area contributed by atoms with Crippen molar-refractivity contribution in [3.8, 4) is 0 Å². The highest BCUT2D eigenvalue weighted by Crippen LogP contribution is 2.39. The minimum Gasteiger partial charge on any atom is -0.293 e. The van der Waals surface area contributed by atoms with Gasteiger partial charge in [-0.1, -0.05) is 6.07 Å². The molecular weight excluding hydrogens is 256 g/mol. The van der Waals surface area contributed by atoms with Gasteiger partial charge in [-0.15, -0.1) is 11.6 Å². The summed E-state index contributed by atoms with van der Waals surface area (Å²) in [5.41, 5.74) is 0.197. The van der Waals surface area contributed by atoms with Crippen LogP contribution in [0, 0.1) is 11.6 Å². The van der Waals surface area contributed by atoms with Gasteiger partial charge in [-0.3, -0.25) is 4.90 Å². The average molecular weight is 272 g/mol. The molecule has 2 heterocycles. The predicted molar refractivity (Wildman–Crippen MR) is 67.6 cm³/mol. The Morgan fingerprint density at radius 3 is 2.22 bits per heavy atom. The topological polar surface area (TPSA) is 3.24 Å². The second-order valence-corrected chi connectivity index (χ2v) is 5.94. The van der Waals surface area contributed by atoms with Crippen molar-refractivity contribution in [2.75, 3.05) is 0 Å². The van der Waals surface area contributed by atoms with E-state index in [1.54, 1.807) is 0 Å². The average Bonchev–Trinajstić information content (AvgIpc) is 2.56. The van der Waals surface area contributed by atoms with Gasteiger partial charge in [-0.25, -0.2) is 8.78 Å². The highest BCUT2D eigenvalue weighted by molar-refractivity contribution is 6.20. The lowest BCUT2D eigenvalue weighted by Gasteiger charge is -2.37. The molecule has 1 aromatic rings. The van der Waals surface area contributed by atoms with Crippen molar-refractivity contribution in [2.45, 2.75) is 49.7 Å². The van der Waals surface area contributed by atoms with Crippen molar-refractivity contribution < 1.29 is 8.78 Å². The molecule has 3 rings (SSSR count). The lowest BCUT2D eigenvalue weighted by Crippen LogP contribution is -2.43. The number of alkyl halides is 1. The lowest BCUT2D eigenvalue weighted by molar-refractivity contribution is 0.131. The molecule has 0 amide bonds. The van der Waals surface area contributed by atoms with Gasteiger partial charge >= 0.3 is 0 Å². The number of benzene rings is 1. The summed E-state index contributed by atoms with van der Waals surface area (Å²) in [6.07, 6.45) is 4.08. The van der Waals surface area contributed by atoms with E-state index in [9.17, 15) is 8.78 Å². The molecule has 2 atom stereocenters. The van der Waals surface area contributed by atoms with Gasteiger partial charge < -0.3 is 0 Å². The first-order valence-electron chi connectivity index (χ1n) is 6.48. The van der Waals surface area contributed by atoms with Crippen LogP contribution >= 0.6 is 11.6 Å². The summed E-state index contributed by atoms with van der Waals surface area (Å²) < 4.78 is 27.3. The van der Waals surface area contributed by atoms with Crippen LogP contribution in [0.2, 0.25) is 0 Å². The maximum Gasteiger partial charge on any atom is 0.130 e. The van der Waals surface area contributed by atoms with Crippen LogP contribution in [0.25, 0.3) is 0 Å². The van der Waals surface area contributed by atoms with Gasteiger partial charge in [0.2, 0.25) is 0 Å². The van der Waals surface area contributed by atoms with E-state index in [4.69, 9.17) is 11.6 Å². The minimum atomic E-state index is -0.442. The summed E-state index contributed by atoms with van der Waals surface area (Å²) in [7, 11) is 0. The maximum atomic E-state index is 13.7. The molecular formula is C14H16ClF2N. The Bertz CT molecular complexity index is 417. The molecule has 0 aromatic heterocycles. The number of nitrogens with zero attached hydrogens (tertiary/aromatic N) is 1. The quantitative estimate of drug-likeness (QED) is 0.742. The molecule has 2 saturated heterocycles. The summed E-state index contributed by atoms with van der Waals surface area (Å²) in [4.78, 5) is 2.24. The number of halogens is 3. The monoisotopic (exact) mass is 271 g/mol. The molecule has 0 spiro atoms. The van der Waals surface area contributed by atoms with E-state index in [-0.39, 0.29) is 10.9 Å². The SMILES string of the molecule is Fc1cccc(F)c1CN1C2CCC1CC(Cl)C2. The third-order valence-electron chi connectivity index (χ3n) is 4.23. The van der Waals surface area contributed by atoms with Crippen LogP contribution < -0.4 is 0 Å². The summed E-state index contributed by atoms with van der Waals surface area (Å²) >= 11 is 6.20. The third kappa shape index (κ3) is 2.14. The van der Waals surface area contributed by atoms with Crippen LogP contribution in [0.5, 0.6) is 0 Å². The first-order valence-corrected chi connectivity index (χ1v) is 6.91. The second kappa shape index (κ2) is 4.78. The van der Waals surface area contributed by atoms with Crippen LogP contribution in [0.1, 0.15) is 31.2 Å². The summed E-state index contributed by atoms with van der Waals surface area (Å²) in [6, 6.07) is 4.85.